The number of urea groups is 1. The summed E-state index contributed by atoms with van der Waals surface area (Å²) in [6, 6.07) is 12.9. The van der Waals surface area contributed by atoms with Gasteiger partial charge in [0, 0.05) is 17.7 Å². The van der Waals surface area contributed by atoms with Crippen molar-refractivity contribution in [2.24, 2.45) is 5.73 Å². The quantitative estimate of drug-likeness (QED) is 0.838. The Kier molecular flexibility index (Phi) is 4.22. The minimum atomic E-state index is -0.868. The third kappa shape index (κ3) is 2.86. The summed E-state index contributed by atoms with van der Waals surface area (Å²) >= 11 is 0. The average Bonchev–Trinajstić information content (AvgIpc) is 3.19. The van der Waals surface area contributed by atoms with E-state index in [9.17, 15) is 9.59 Å². The zero-order valence-corrected chi connectivity index (χ0v) is 14.0. The monoisotopic (exact) mass is 354 g/mol. The van der Waals surface area contributed by atoms with Crippen molar-refractivity contribution in [1.82, 2.24) is 5.06 Å². The Balaban J connectivity index is 1.73. The zero-order valence-electron chi connectivity index (χ0n) is 14.0. The highest BCUT2D eigenvalue weighted by Crippen LogP contribution is 2.45. The first-order valence-electron chi connectivity index (χ1n) is 8.43. The molecular formula is C19H18N2O5. The van der Waals surface area contributed by atoms with Crippen LogP contribution in [0.1, 0.15) is 30.0 Å². The Bertz CT molecular complexity index is 802. The highest BCUT2D eigenvalue weighted by Gasteiger charge is 2.38. The number of nitrogens with zero attached hydrogens (tertiary/aromatic N) is 1. The van der Waals surface area contributed by atoms with E-state index in [-0.39, 0.29) is 0 Å². The van der Waals surface area contributed by atoms with Gasteiger partial charge in [-0.2, -0.15) is 0 Å². The van der Waals surface area contributed by atoms with E-state index in [1.54, 1.807) is 12.1 Å². The topological polar surface area (TPSA) is 91.1 Å². The molecule has 4 rings (SSSR count). The number of ether oxygens (including phenoxy) is 2. The van der Waals surface area contributed by atoms with Crippen LogP contribution in [-0.4, -0.2) is 29.8 Å². The van der Waals surface area contributed by atoms with Gasteiger partial charge in [-0.3, -0.25) is 0 Å². The molecule has 1 saturated heterocycles. The van der Waals surface area contributed by atoms with Crippen LogP contribution in [0.25, 0.3) is 0 Å². The fourth-order valence-electron chi connectivity index (χ4n) is 3.28. The van der Waals surface area contributed by atoms with Gasteiger partial charge in [0.2, 0.25) is 0 Å². The molecule has 26 heavy (non-hydrogen) atoms. The van der Waals surface area contributed by atoms with E-state index in [0.717, 1.165) is 11.5 Å². The second-order valence-electron chi connectivity index (χ2n) is 6.16. The van der Waals surface area contributed by atoms with Crippen molar-refractivity contribution in [2.45, 2.75) is 25.0 Å². The van der Waals surface area contributed by atoms with Crippen molar-refractivity contribution in [2.75, 3.05) is 6.61 Å². The summed E-state index contributed by atoms with van der Waals surface area (Å²) in [4.78, 5) is 29.9. The predicted molar refractivity (Wildman–Crippen MR) is 91.3 cm³/mol. The van der Waals surface area contributed by atoms with Crippen molar-refractivity contribution in [3.05, 3.63) is 59.7 Å². The van der Waals surface area contributed by atoms with Gasteiger partial charge in [0.1, 0.15) is 17.5 Å². The van der Waals surface area contributed by atoms with Crippen molar-refractivity contribution in [3.8, 4) is 11.5 Å². The molecule has 0 aliphatic carbocycles. The van der Waals surface area contributed by atoms with Crippen LogP contribution in [0.5, 0.6) is 11.5 Å². The molecule has 0 saturated carbocycles. The number of rotatable bonds is 2. The van der Waals surface area contributed by atoms with Crippen molar-refractivity contribution in [3.63, 3.8) is 0 Å². The van der Waals surface area contributed by atoms with E-state index in [0.29, 0.717) is 35.7 Å². The summed E-state index contributed by atoms with van der Waals surface area (Å²) < 4.78 is 11.2. The van der Waals surface area contributed by atoms with Gasteiger partial charge in [0.05, 0.1) is 0 Å². The maximum atomic E-state index is 12.4. The summed E-state index contributed by atoms with van der Waals surface area (Å²) in [5, 5.41) is 0.907. The molecule has 1 fully saturated rings. The van der Waals surface area contributed by atoms with Crippen LogP contribution in [0.15, 0.2) is 48.5 Å². The van der Waals surface area contributed by atoms with Gasteiger partial charge in [-0.05, 0) is 25.0 Å². The van der Waals surface area contributed by atoms with E-state index in [4.69, 9.17) is 20.0 Å². The molecule has 1 atom stereocenters. The molecule has 2 aromatic carbocycles. The second kappa shape index (κ2) is 6.68. The van der Waals surface area contributed by atoms with Gasteiger partial charge in [0.25, 0.3) is 0 Å². The Hall–Kier alpha value is -3.06. The van der Waals surface area contributed by atoms with Crippen LogP contribution >= 0.6 is 0 Å². The molecule has 2 aliphatic rings. The first-order valence-corrected chi connectivity index (χ1v) is 8.43. The number of benzene rings is 2. The molecule has 0 radical (unpaired) electrons. The molecule has 2 amide bonds. The molecule has 1 unspecified atom stereocenters. The largest absolute Gasteiger partial charge is 0.457 e. The molecule has 2 N–H and O–H groups in total. The molecule has 0 spiro atoms. The SMILES string of the molecule is NC(=O)N(OC(=O)C1CCCO1)C1c2ccccc2Oc2ccccc21. The summed E-state index contributed by atoms with van der Waals surface area (Å²) in [6.45, 7) is 0.499. The first-order chi connectivity index (χ1) is 12.6. The van der Waals surface area contributed by atoms with Crippen LogP contribution in [0.4, 0.5) is 4.79 Å². The lowest BCUT2D eigenvalue weighted by Crippen LogP contribution is -2.43. The molecular weight excluding hydrogens is 336 g/mol. The number of hydrogen-bond acceptors (Lipinski definition) is 5. The van der Waals surface area contributed by atoms with Crippen LogP contribution in [-0.2, 0) is 14.4 Å². The lowest BCUT2D eigenvalue weighted by Gasteiger charge is -2.34. The normalized spacial score (nSPS) is 18.4. The number of primary amides is 1. The van der Waals surface area contributed by atoms with Gasteiger partial charge >= 0.3 is 12.0 Å². The molecule has 0 bridgehead atoms. The number of amides is 2. The van der Waals surface area contributed by atoms with E-state index < -0.39 is 24.1 Å². The molecule has 0 aromatic heterocycles. The molecule has 134 valence electrons. The van der Waals surface area contributed by atoms with Gasteiger partial charge in [-0.1, -0.05) is 36.4 Å². The zero-order chi connectivity index (χ0) is 18.1. The molecule has 7 nitrogen and oxygen atoms in total. The summed E-state index contributed by atoms with van der Waals surface area (Å²) in [6.07, 6.45) is 0.660. The van der Waals surface area contributed by atoms with Crippen molar-refractivity contribution in [1.29, 1.82) is 0 Å². The third-order valence-electron chi connectivity index (χ3n) is 4.48. The minimum absolute atomic E-state index is 0.499. The van der Waals surface area contributed by atoms with Gasteiger partial charge in [-0.25, -0.2) is 9.59 Å². The van der Waals surface area contributed by atoms with Crippen LogP contribution in [0.2, 0.25) is 0 Å². The first kappa shape index (κ1) is 16.4. The van der Waals surface area contributed by atoms with Gasteiger partial charge < -0.3 is 20.0 Å². The van der Waals surface area contributed by atoms with E-state index in [1.165, 1.54) is 0 Å². The maximum Gasteiger partial charge on any atom is 0.361 e. The lowest BCUT2D eigenvalue weighted by molar-refractivity contribution is -0.192. The Morgan fingerprint density at radius 2 is 1.65 bits per heavy atom. The molecule has 2 aromatic rings. The van der Waals surface area contributed by atoms with Crippen molar-refractivity contribution >= 4 is 12.0 Å². The van der Waals surface area contributed by atoms with Crippen molar-refractivity contribution < 1.29 is 23.9 Å². The lowest BCUT2D eigenvalue weighted by atomic mass is 9.94. The Morgan fingerprint density at radius 3 is 2.19 bits per heavy atom. The van der Waals surface area contributed by atoms with Crippen LogP contribution in [0.3, 0.4) is 0 Å². The highest BCUT2D eigenvalue weighted by molar-refractivity contribution is 5.79. The second-order valence-corrected chi connectivity index (χ2v) is 6.16. The Morgan fingerprint density at radius 1 is 1.04 bits per heavy atom. The predicted octanol–water partition coefficient (Wildman–Crippen LogP) is 2.90. The molecule has 2 aliphatic heterocycles. The fraction of sp³-hybridized carbons (Fsp3) is 0.263. The average molecular weight is 354 g/mol. The van der Waals surface area contributed by atoms with E-state index >= 15 is 0 Å². The van der Waals surface area contributed by atoms with Crippen LogP contribution < -0.4 is 10.5 Å². The van der Waals surface area contributed by atoms with Gasteiger partial charge in [0.15, 0.2) is 6.10 Å². The minimum Gasteiger partial charge on any atom is -0.457 e. The Labute approximate surface area is 150 Å². The fourth-order valence-corrected chi connectivity index (χ4v) is 3.28. The maximum absolute atomic E-state index is 12.4. The summed E-state index contributed by atoms with van der Waals surface area (Å²) in [5.41, 5.74) is 6.93. The number of carbonyl (C=O) groups is 2. The van der Waals surface area contributed by atoms with Gasteiger partial charge in [-0.15, -0.1) is 5.06 Å². The number of para-hydroxylation sites is 2. The smallest absolute Gasteiger partial charge is 0.361 e. The highest BCUT2D eigenvalue weighted by atomic mass is 16.7. The number of carbonyl (C=O) groups excluding carboxylic acids is 2. The molecule has 2 heterocycles. The number of fused-ring (bicyclic) bond motifs is 2. The standard InChI is InChI=1S/C19H18N2O5/c20-19(23)21(26-18(22)16-10-5-11-24-16)17-12-6-1-3-8-14(12)25-15-9-4-2-7-13(15)17/h1-4,6-9,16-17H,5,10-11H2,(H2,20,23). The summed E-state index contributed by atoms with van der Waals surface area (Å²) in [7, 11) is 0. The number of hydroxylamine groups is 2. The van der Waals surface area contributed by atoms with E-state index in [2.05, 4.69) is 0 Å². The van der Waals surface area contributed by atoms with E-state index in [1.807, 2.05) is 36.4 Å². The third-order valence-corrected chi connectivity index (χ3v) is 4.48. The number of hydrogen-bond donors (Lipinski definition) is 1. The summed E-state index contributed by atoms with van der Waals surface area (Å²) in [5.74, 6) is 0.536. The number of nitrogens with two attached hydrogens (primary N) is 1. The van der Waals surface area contributed by atoms with Crippen LogP contribution in [0, 0.1) is 0 Å². The molecule has 7 heteroatoms.